The van der Waals surface area contributed by atoms with Crippen LogP contribution in [0.4, 0.5) is 0 Å². The molecular formula is C29H26O13S4. The fourth-order valence-corrected chi connectivity index (χ4v) is 8.53. The summed E-state index contributed by atoms with van der Waals surface area (Å²) in [5.41, 5.74) is 0.0507. The average Bonchev–Trinajstić information content (AvgIpc) is 3.04. The average molecular weight is 711 g/mol. The Morgan fingerprint density at radius 2 is 0.978 bits per heavy atom. The van der Waals surface area contributed by atoms with Crippen LogP contribution in [0.1, 0.15) is 15.9 Å². The second-order valence-corrected chi connectivity index (χ2v) is 16.6. The third kappa shape index (κ3) is 6.84. The van der Waals surface area contributed by atoms with E-state index in [9.17, 15) is 38.5 Å². The van der Waals surface area contributed by atoms with Gasteiger partial charge in [0.2, 0.25) is 19.7 Å². The van der Waals surface area contributed by atoms with E-state index in [2.05, 4.69) is 8.37 Å². The molecule has 0 fully saturated rings. The number of esters is 1. The molecule has 0 aliphatic rings. The van der Waals surface area contributed by atoms with Crippen LogP contribution >= 0.6 is 0 Å². The molecule has 17 heteroatoms. The first-order chi connectivity index (χ1) is 21.5. The van der Waals surface area contributed by atoms with Gasteiger partial charge in [-0.05, 0) is 91.3 Å². The summed E-state index contributed by atoms with van der Waals surface area (Å²) < 4.78 is 122. The highest BCUT2D eigenvalue weighted by Crippen LogP contribution is 2.33. The summed E-state index contributed by atoms with van der Waals surface area (Å²) in [5.74, 6) is -1.23. The third-order valence-electron chi connectivity index (χ3n) is 6.65. The van der Waals surface area contributed by atoms with Gasteiger partial charge in [-0.15, -0.1) is 0 Å². The maximum atomic E-state index is 13.4. The minimum atomic E-state index is -4.67. The lowest BCUT2D eigenvalue weighted by Crippen LogP contribution is -2.14. The molecule has 0 saturated carbocycles. The molecule has 4 aromatic carbocycles. The Morgan fingerprint density at radius 3 is 1.50 bits per heavy atom. The Hall–Kier alpha value is -4.13. The van der Waals surface area contributed by atoms with Crippen molar-refractivity contribution in [2.45, 2.75) is 36.3 Å². The number of ether oxygens (including phenoxy) is 2. The molecule has 0 radical (unpaired) electrons. The number of carbonyl (C=O) groups is 1. The summed E-state index contributed by atoms with van der Waals surface area (Å²) in [6.45, 7) is 1.43. The van der Waals surface area contributed by atoms with Crippen molar-refractivity contribution in [1.29, 1.82) is 0 Å². The number of methoxy groups -OCH3 is 1. The molecule has 0 bridgehead atoms. The molecule has 0 atom stereocenters. The van der Waals surface area contributed by atoms with Crippen molar-refractivity contribution < 1.29 is 56.3 Å². The van der Waals surface area contributed by atoms with Crippen LogP contribution in [0.15, 0.2) is 114 Å². The van der Waals surface area contributed by atoms with Gasteiger partial charge in [0.05, 0.1) is 51.4 Å². The van der Waals surface area contributed by atoms with Crippen LogP contribution in [-0.2, 0) is 48.3 Å². The van der Waals surface area contributed by atoms with Gasteiger partial charge in [-0.25, -0.2) is 21.6 Å². The highest BCUT2D eigenvalue weighted by atomic mass is 32.2. The van der Waals surface area contributed by atoms with Gasteiger partial charge in [-0.1, -0.05) is 6.07 Å². The van der Waals surface area contributed by atoms with Crippen LogP contribution in [0.5, 0.6) is 11.5 Å². The maximum absolute atomic E-state index is 13.4. The summed E-state index contributed by atoms with van der Waals surface area (Å²) in [5, 5.41) is 0. The first-order valence-corrected chi connectivity index (χ1v) is 18.6. The van der Waals surface area contributed by atoms with Gasteiger partial charge >= 0.3 is 5.97 Å². The molecule has 13 nitrogen and oxygen atoms in total. The van der Waals surface area contributed by atoms with Crippen molar-refractivity contribution in [3.63, 3.8) is 0 Å². The summed E-state index contributed by atoms with van der Waals surface area (Å²) in [6.07, 6.45) is 0. The lowest BCUT2D eigenvalue weighted by Gasteiger charge is -2.13. The van der Waals surface area contributed by atoms with Gasteiger partial charge < -0.3 is 9.47 Å². The van der Waals surface area contributed by atoms with Gasteiger partial charge in [0, 0.05) is 0 Å². The van der Waals surface area contributed by atoms with Crippen LogP contribution < -0.4 is 9.47 Å². The monoisotopic (exact) mass is 710 g/mol. The summed E-state index contributed by atoms with van der Waals surface area (Å²) in [6, 6.07) is 16.1. The number of rotatable bonds is 11. The molecular weight excluding hydrogens is 685 g/mol. The van der Waals surface area contributed by atoms with Gasteiger partial charge in [-0.3, -0.25) is 8.37 Å². The molecule has 0 heterocycles. The SMILES string of the molecule is COc1ccc(S(=O)(=O)c2ccc(C(=O)Oc3ccc(S(=O)(=O)c4ccc(C)c(S(=O)(=O)OC)c4)cc3S(=O)(=O)OC)cc2)cc1. The zero-order chi connectivity index (χ0) is 34.1. The zero-order valence-electron chi connectivity index (χ0n) is 24.5. The minimum absolute atomic E-state index is 0.0183. The molecule has 0 amide bonds. The van der Waals surface area contributed by atoms with E-state index in [-0.39, 0.29) is 20.9 Å². The second kappa shape index (κ2) is 12.9. The van der Waals surface area contributed by atoms with E-state index >= 15 is 0 Å². The molecule has 0 aliphatic carbocycles. The number of hydrogen-bond acceptors (Lipinski definition) is 13. The first kappa shape index (κ1) is 34.7. The Balaban J connectivity index is 1.68. The van der Waals surface area contributed by atoms with Crippen LogP contribution in [0.2, 0.25) is 0 Å². The Bertz CT molecular complexity index is 2240. The molecule has 0 saturated heterocycles. The van der Waals surface area contributed by atoms with E-state index in [0.717, 1.165) is 62.8 Å². The number of benzene rings is 4. The summed E-state index contributed by atoms with van der Waals surface area (Å²) in [7, 11) is -14.3. The van der Waals surface area contributed by atoms with Crippen molar-refractivity contribution in [2.75, 3.05) is 21.3 Å². The van der Waals surface area contributed by atoms with E-state index in [1.807, 2.05) is 0 Å². The quantitative estimate of drug-likeness (QED) is 0.125. The number of aryl methyl sites for hydroxylation is 1. The fraction of sp³-hybridized carbons (Fsp3) is 0.138. The van der Waals surface area contributed by atoms with Crippen LogP contribution in [0.25, 0.3) is 0 Å². The smallest absolute Gasteiger partial charge is 0.343 e. The van der Waals surface area contributed by atoms with Crippen molar-refractivity contribution in [2.24, 2.45) is 0 Å². The minimum Gasteiger partial charge on any atom is -0.497 e. The Morgan fingerprint density at radius 1 is 0.543 bits per heavy atom. The highest BCUT2D eigenvalue weighted by molar-refractivity contribution is 7.92. The van der Waals surface area contributed by atoms with Crippen molar-refractivity contribution >= 4 is 45.9 Å². The normalized spacial score (nSPS) is 12.4. The van der Waals surface area contributed by atoms with Gasteiger partial charge in [0.25, 0.3) is 20.2 Å². The van der Waals surface area contributed by atoms with Gasteiger partial charge in [-0.2, -0.15) is 16.8 Å². The summed E-state index contributed by atoms with van der Waals surface area (Å²) >= 11 is 0. The van der Waals surface area contributed by atoms with Crippen molar-refractivity contribution in [1.82, 2.24) is 0 Å². The van der Waals surface area contributed by atoms with Crippen molar-refractivity contribution in [3.05, 3.63) is 96.1 Å². The lowest BCUT2D eigenvalue weighted by molar-refractivity contribution is 0.0729. The van der Waals surface area contributed by atoms with E-state index in [4.69, 9.17) is 9.47 Å². The van der Waals surface area contributed by atoms with E-state index < -0.39 is 71.2 Å². The lowest BCUT2D eigenvalue weighted by atomic mass is 10.2. The Kier molecular flexibility index (Phi) is 9.77. The Labute approximate surface area is 266 Å². The molecule has 244 valence electrons. The predicted molar refractivity (Wildman–Crippen MR) is 161 cm³/mol. The van der Waals surface area contributed by atoms with Crippen molar-refractivity contribution in [3.8, 4) is 11.5 Å². The molecule has 4 rings (SSSR count). The summed E-state index contributed by atoms with van der Waals surface area (Å²) in [4.78, 5) is 10.5. The van der Waals surface area contributed by atoms with Gasteiger partial charge in [0.1, 0.15) is 10.6 Å². The first-order valence-electron chi connectivity index (χ1n) is 12.8. The number of sulfone groups is 2. The van der Waals surface area contributed by atoms with Crippen LogP contribution in [0, 0.1) is 6.92 Å². The predicted octanol–water partition coefficient (Wildman–Crippen LogP) is 3.56. The standard InChI is InChI=1S/C29H26O13S4/c1-19-5-10-24(17-27(19)45(35,36)40-3)44(33,34)25-15-16-26(28(18-25)46(37,38)41-4)42-29(30)20-6-11-22(12-7-20)43(31,32)23-13-8-21(39-2)9-14-23/h5-18H,1-4H3. The molecule has 4 aromatic rings. The largest absolute Gasteiger partial charge is 0.497 e. The van der Waals surface area contributed by atoms with E-state index in [0.29, 0.717) is 11.8 Å². The molecule has 0 aliphatic heterocycles. The van der Waals surface area contributed by atoms with E-state index in [1.165, 1.54) is 44.4 Å². The maximum Gasteiger partial charge on any atom is 0.343 e. The topological polar surface area (TPSA) is 191 Å². The van der Waals surface area contributed by atoms with Crippen LogP contribution in [-0.4, -0.2) is 61.0 Å². The second-order valence-electron chi connectivity index (χ2n) is 9.37. The molecule has 0 N–H and O–H groups in total. The number of hydrogen-bond donors (Lipinski definition) is 0. The molecule has 0 aromatic heterocycles. The third-order valence-corrected chi connectivity index (χ3v) is 12.9. The molecule has 0 unspecified atom stereocenters. The van der Waals surface area contributed by atoms with E-state index in [1.54, 1.807) is 0 Å². The fourth-order valence-electron chi connectivity index (χ4n) is 4.09. The molecule has 46 heavy (non-hydrogen) atoms. The highest BCUT2D eigenvalue weighted by Gasteiger charge is 2.29. The van der Waals surface area contributed by atoms with Crippen LogP contribution in [0.3, 0.4) is 0 Å². The number of carbonyl (C=O) groups excluding carboxylic acids is 1. The zero-order valence-corrected chi connectivity index (χ0v) is 27.8. The van der Waals surface area contributed by atoms with Gasteiger partial charge in [0.15, 0.2) is 5.75 Å². The molecule has 0 spiro atoms.